The van der Waals surface area contributed by atoms with E-state index in [9.17, 15) is 4.79 Å². The summed E-state index contributed by atoms with van der Waals surface area (Å²) in [6, 6.07) is 15.0. The number of aromatic nitrogens is 1. The molecule has 0 saturated carbocycles. The van der Waals surface area contributed by atoms with E-state index >= 15 is 0 Å². The van der Waals surface area contributed by atoms with Crippen molar-refractivity contribution in [3.63, 3.8) is 0 Å². The second-order valence-electron chi connectivity index (χ2n) is 7.81. The van der Waals surface area contributed by atoms with Crippen LogP contribution in [-0.4, -0.2) is 10.5 Å². The molecule has 0 aliphatic heterocycles. The number of nitrogens with two attached hydrogens (primary N) is 1. The van der Waals surface area contributed by atoms with Crippen molar-refractivity contribution in [2.24, 2.45) is 5.73 Å². The van der Waals surface area contributed by atoms with Gasteiger partial charge in [0.15, 0.2) is 0 Å². The molecule has 0 fully saturated rings. The Morgan fingerprint density at radius 3 is 2.50 bits per heavy atom. The summed E-state index contributed by atoms with van der Waals surface area (Å²) in [5.74, 6) is -0.278. The van der Waals surface area contributed by atoms with E-state index < -0.39 is 0 Å². The van der Waals surface area contributed by atoms with Crippen LogP contribution in [0, 0.1) is 6.92 Å². The largest absolute Gasteiger partial charge is 0.369 e. The highest BCUT2D eigenvalue weighted by molar-refractivity contribution is 5.92. The van der Waals surface area contributed by atoms with Crippen LogP contribution < -0.4 is 5.73 Å². The average Bonchev–Trinajstić information content (AvgIpc) is 3.01. The lowest BCUT2D eigenvalue weighted by molar-refractivity contribution is -0.117. The molecule has 0 bridgehead atoms. The summed E-state index contributed by atoms with van der Waals surface area (Å²) in [5.41, 5.74) is 11.4. The molecule has 0 spiro atoms. The minimum absolute atomic E-state index is 0.278. The van der Waals surface area contributed by atoms with Gasteiger partial charge in [-0.05, 0) is 47.7 Å². The zero-order valence-electron chi connectivity index (χ0n) is 17.2. The molecule has 0 saturated heterocycles. The number of hydrogen-bond acceptors (Lipinski definition) is 1. The van der Waals surface area contributed by atoms with Crippen molar-refractivity contribution in [2.75, 3.05) is 0 Å². The predicted molar refractivity (Wildman–Crippen MR) is 118 cm³/mol. The number of benzene rings is 2. The quantitative estimate of drug-likeness (QED) is 0.433. The van der Waals surface area contributed by atoms with Crippen LogP contribution in [0.3, 0.4) is 0 Å². The van der Waals surface area contributed by atoms with E-state index in [0.717, 1.165) is 17.5 Å². The fourth-order valence-corrected chi connectivity index (χ4v) is 4.01. The van der Waals surface area contributed by atoms with Crippen molar-refractivity contribution >= 4 is 16.8 Å². The molecule has 3 heteroatoms. The van der Waals surface area contributed by atoms with Crippen LogP contribution in [-0.2, 0) is 17.8 Å². The molecule has 2 aromatic carbocycles. The topological polar surface area (TPSA) is 48.0 Å². The Morgan fingerprint density at radius 2 is 1.75 bits per heavy atom. The number of carbonyl (C=O) groups excluding carboxylic acids is 1. The third kappa shape index (κ3) is 4.83. The molecule has 2 N–H and O–H groups in total. The smallest absolute Gasteiger partial charge is 0.221 e. The maximum absolute atomic E-state index is 11.6. The molecule has 0 atom stereocenters. The Bertz CT molecular complexity index is 939. The molecule has 0 aliphatic rings. The molecule has 3 nitrogen and oxygen atoms in total. The standard InChI is InChI=1S/C25H32N2O/c1-3-4-5-6-7-10-15-27-18-21(17-25(26)28)23-16-20(13-14-24(23)27)22-12-9-8-11-19(22)2/h8-9,11-14,16,18H,3-7,10,15,17H2,1-2H3,(H2,26,28). The van der Waals surface area contributed by atoms with Crippen molar-refractivity contribution in [3.8, 4) is 11.1 Å². The number of hydrogen-bond donors (Lipinski definition) is 1. The van der Waals surface area contributed by atoms with Gasteiger partial charge in [0.1, 0.15) is 0 Å². The molecule has 28 heavy (non-hydrogen) atoms. The Kier molecular flexibility index (Phi) is 6.91. The minimum atomic E-state index is -0.278. The third-order valence-electron chi connectivity index (χ3n) is 5.54. The Balaban J connectivity index is 1.87. The Morgan fingerprint density at radius 1 is 1.00 bits per heavy atom. The number of rotatable bonds is 10. The Labute approximate surface area is 168 Å². The fourth-order valence-electron chi connectivity index (χ4n) is 4.01. The van der Waals surface area contributed by atoms with Crippen LogP contribution in [0.1, 0.15) is 56.6 Å². The number of primary amides is 1. The first-order valence-corrected chi connectivity index (χ1v) is 10.6. The number of fused-ring (bicyclic) bond motifs is 1. The van der Waals surface area contributed by atoms with Gasteiger partial charge in [0.05, 0.1) is 6.42 Å². The van der Waals surface area contributed by atoms with E-state index in [2.05, 4.69) is 67.1 Å². The van der Waals surface area contributed by atoms with Crippen molar-refractivity contribution in [1.82, 2.24) is 4.57 Å². The molecule has 3 rings (SSSR count). The van der Waals surface area contributed by atoms with Crippen LogP contribution in [0.5, 0.6) is 0 Å². The van der Waals surface area contributed by atoms with Crippen molar-refractivity contribution < 1.29 is 4.79 Å². The van der Waals surface area contributed by atoms with Crippen LogP contribution in [0.2, 0.25) is 0 Å². The summed E-state index contributed by atoms with van der Waals surface area (Å²) in [7, 11) is 0. The highest BCUT2D eigenvalue weighted by atomic mass is 16.1. The summed E-state index contributed by atoms with van der Waals surface area (Å²) >= 11 is 0. The van der Waals surface area contributed by atoms with Gasteiger partial charge < -0.3 is 10.3 Å². The van der Waals surface area contributed by atoms with Crippen LogP contribution >= 0.6 is 0 Å². The maximum atomic E-state index is 11.6. The van der Waals surface area contributed by atoms with Gasteiger partial charge in [-0.15, -0.1) is 0 Å². The second-order valence-corrected chi connectivity index (χ2v) is 7.81. The predicted octanol–water partition coefficient (Wildman–Crippen LogP) is 6.01. The second kappa shape index (κ2) is 9.59. The molecule has 0 unspecified atom stereocenters. The normalized spacial score (nSPS) is 11.2. The molecule has 0 aliphatic carbocycles. The summed E-state index contributed by atoms with van der Waals surface area (Å²) in [4.78, 5) is 11.6. The molecular weight excluding hydrogens is 344 g/mol. The third-order valence-corrected chi connectivity index (χ3v) is 5.54. The minimum Gasteiger partial charge on any atom is -0.369 e. The lowest BCUT2D eigenvalue weighted by Crippen LogP contribution is -2.13. The highest BCUT2D eigenvalue weighted by Crippen LogP contribution is 2.30. The molecule has 3 aromatic rings. The number of carbonyl (C=O) groups is 1. The fraction of sp³-hybridized carbons (Fsp3) is 0.400. The van der Waals surface area contributed by atoms with Gasteiger partial charge in [-0.1, -0.05) is 69.4 Å². The highest BCUT2D eigenvalue weighted by Gasteiger charge is 2.12. The van der Waals surface area contributed by atoms with Gasteiger partial charge in [0.2, 0.25) is 5.91 Å². The first-order chi connectivity index (χ1) is 13.6. The van der Waals surface area contributed by atoms with Crippen molar-refractivity contribution in [3.05, 3.63) is 59.8 Å². The number of nitrogens with zero attached hydrogens (tertiary/aromatic N) is 1. The van der Waals surface area contributed by atoms with Gasteiger partial charge >= 0.3 is 0 Å². The molecule has 1 aromatic heterocycles. The van der Waals surface area contributed by atoms with Gasteiger partial charge in [0.25, 0.3) is 0 Å². The van der Waals surface area contributed by atoms with E-state index in [1.54, 1.807) is 0 Å². The molecular formula is C25H32N2O. The number of unbranched alkanes of at least 4 members (excludes halogenated alkanes) is 5. The van der Waals surface area contributed by atoms with Gasteiger partial charge in [-0.2, -0.15) is 0 Å². The van der Waals surface area contributed by atoms with Crippen LogP contribution in [0.25, 0.3) is 22.0 Å². The molecule has 148 valence electrons. The lowest BCUT2D eigenvalue weighted by Gasteiger charge is -2.08. The number of aryl methyl sites for hydroxylation is 2. The zero-order valence-corrected chi connectivity index (χ0v) is 17.2. The van der Waals surface area contributed by atoms with Gasteiger partial charge in [-0.3, -0.25) is 4.79 Å². The van der Waals surface area contributed by atoms with Crippen LogP contribution in [0.15, 0.2) is 48.7 Å². The van der Waals surface area contributed by atoms with Crippen molar-refractivity contribution in [2.45, 2.75) is 65.3 Å². The summed E-state index contributed by atoms with van der Waals surface area (Å²) in [5, 5.41) is 1.14. The average molecular weight is 377 g/mol. The summed E-state index contributed by atoms with van der Waals surface area (Å²) in [6.45, 7) is 5.37. The lowest BCUT2D eigenvalue weighted by atomic mass is 9.98. The van der Waals surface area contributed by atoms with E-state index in [0.29, 0.717) is 0 Å². The molecule has 1 amide bonds. The van der Waals surface area contributed by atoms with Gasteiger partial charge in [-0.25, -0.2) is 0 Å². The van der Waals surface area contributed by atoms with Crippen LogP contribution in [0.4, 0.5) is 0 Å². The van der Waals surface area contributed by atoms with Gasteiger partial charge in [0, 0.05) is 23.6 Å². The first-order valence-electron chi connectivity index (χ1n) is 10.6. The monoisotopic (exact) mass is 376 g/mol. The van der Waals surface area contributed by atoms with Crippen molar-refractivity contribution in [1.29, 1.82) is 0 Å². The summed E-state index contributed by atoms with van der Waals surface area (Å²) < 4.78 is 2.30. The first kappa shape index (κ1) is 20.2. The van der Waals surface area contributed by atoms with E-state index in [1.807, 2.05) is 0 Å². The van der Waals surface area contributed by atoms with E-state index in [4.69, 9.17) is 5.73 Å². The van der Waals surface area contributed by atoms with E-state index in [1.165, 1.54) is 60.7 Å². The number of amides is 1. The maximum Gasteiger partial charge on any atom is 0.221 e. The Hall–Kier alpha value is -2.55. The zero-order chi connectivity index (χ0) is 19.9. The molecule has 1 heterocycles. The molecule has 0 radical (unpaired) electrons. The van der Waals surface area contributed by atoms with E-state index in [-0.39, 0.29) is 12.3 Å². The summed E-state index contributed by atoms with van der Waals surface area (Å²) in [6.07, 6.45) is 10.1. The SMILES string of the molecule is CCCCCCCCn1cc(CC(N)=O)c2cc(-c3ccccc3C)ccc21.